The molecule has 2 aromatic rings. The number of aryl methyl sites for hydroxylation is 2. The lowest BCUT2D eigenvalue weighted by atomic mass is 10.1. The number of aromatic nitrogens is 2. The predicted molar refractivity (Wildman–Crippen MR) is 70.9 cm³/mol. The fraction of sp³-hybridized carbons (Fsp3) is 0.385. The smallest absolute Gasteiger partial charge is 0.234 e. The van der Waals surface area contributed by atoms with Crippen molar-refractivity contribution in [3.8, 4) is 0 Å². The topological polar surface area (TPSA) is 58.9 Å². The molecule has 0 saturated carbocycles. The molecule has 0 unspecified atom stereocenters. The van der Waals surface area contributed by atoms with Crippen LogP contribution in [0, 0.1) is 0 Å². The molecule has 0 bridgehead atoms. The molecule has 1 heterocycles. The Hall–Kier alpha value is -1.88. The van der Waals surface area contributed by atoms with E-state index in [-0.39, 0.29) is 5.91 Å². The average molecular weight is 246 g/mol. The van der Waals surface area contributed by atoms with Crippen molar-refractivity contribution < 1.29 is 4.79 Å². The van der Waals surface area contributed by atoms with E-state index in [0.29, 0.717) is 6.42 Å². The van der Waals surface area contributed by atoms with Crippen LogP contribution in [0.3, 0.4) is 0 Å². The SMILES string of the molecule is CNNC(=O)CCCc1ccc2c(c1)ncn2C. The molecule has 18 heavy (non-hydrogen) atoms. The highest BCUT2D eigenvalue weighted by Crippen LogP contribution is 2.15. The van der Waals surface area contributed by atoms with Gasteiger partial charge >= 0.3 is 0 Å². The molecule has 1 aromatic carbocycles. The number of hydrazine groups is 1. The standard InChI is InChI=1S/C13H18N4O/c1-14-16-13(18)5-3-4-10-6-7-12-11(8-10)15-9-17(12)2/h6-9,14H,3-5H2,1-2H3,(H,16,18). The highest BCUT2D eigenvalue weighted by molar-refractivity contribution is 5.76. The van der Waals surface area contributed by atoms with Gasteiger partial charge in [0.2, 0.25) is 5.91 Å². The Bertz CT molecular complexity index is 547. The number of fused-ring (bicyclic) bond motifs is 1. The number of benzene rings is 1. The molecule has 5 heteroatoms. The van der Waals surface area contributed by atoms with Gasteiger partial charge in [0.05, 0.1) is 17.4 Å². The van der Waals surface area contributed by atoms with E-state index in [9.17, 15) is 4.79 Å². The number of carbonyl (C=O) groups is 1. The third-order valence-electron chi connectivity index (χ3n) is 2.92. The summed E-state index contributed by atoms with van der Waals surface area (Å²) in [7, 11) is 3.67. The first-order valence-electron chi connectivity index (χ1n) is 6.06. The van der Waals surface area contributed by atoms with Crippen LogP contribution in [0.4, 0.5) is 0 Å². The van der Waals surface area contributed by atoms with Gasteiger partial charge in [0.1, 0.15) is 0 Å². The van der Waals surface area contributed by atoms with Crippen LogP contribution >= 0.6 is 0 Å². The van der Waals surface area contributed by atoms with E-state index in [4.69, 9.17) is 0 Å². The molecular formula is C13H18N4O. The monoisotopic (exact) mass is 246 g/mol. The maximum absolute atomic E-state index is 11.3. The summed E-state index contributed by atoms with van der Waals surface area (Å²) in [5, 5.41) is 0. The van der Waals surface area contributed by atoms with E-state index >= 15 is 0 Å². The Labute approximate surface area is 106 Å². The predicted octanol–water partition coefficient (Wildman–Crippen LogP) is 1.15. The summed E-state index contributed by atoms with van der Waals surface area (Å²) < 4.78 is 2.00. The summed E-state index contributed by atoms with van der Waals surface area (Å²) in [4.78, 5) is 15.6. The van der Waals surface area contributed by atoms with Crippen LogP contribution in [0.1, 0.15) is 18.4 Å². The van der Waals surface area contributed by atoms with Crippen LogP contribution in [-0.2, 0) is 18.3 Å². The molecule has 96 valence electrons. The van der Waals surface area contributed by atoms with Crippen molar-refractivity contribution in [2.75, 3.05) is 7.05 Å². The van der Waals surface area contributed by atoms with Crippen molar-refractivity contribution in [2.45, 2.75) is 19.3 Å². The highest BCUT2D eigenvalue weighted by atomic mass is 16.2. The maximum atomic E-state index is 11.3. The van der Waals surface area contributed by atoms with E-state index in [1.807, 2.05) is 17.9 Å². The molecule has 0 fully saturated rings. The number of rotatable bonds is 5. The van der Waals surface area contributed by atoms with E-state index < -0.39 is 0 Å². The Kier molecular flexibility index (Phi) is 3.94. The van der Waals surface area contributed by atoms with Gasteiger partial charge in [0.25, 0.3) is 0 Å². The molecule has 0 radical (unpaired) electrons. The first kappa shape index (κ1) is 12.6. The number of amides is 1. The van der Waals surface area contributed by atoms with Crippen LogP contribution in [-0.4, -0.2) is 22.5 Å². The van der Waals surface area contributed by atoms with E-state index in [0.717, 1.165) is 23.9 Å². The third kappa shape index (κ3) is 2.87. The molecule has 0 atom stereocenters. The lowest BCUT2D eigenvalue weighted by molar-refractivity contribution is -0.122. The van der Waals surface area contributed by atoms with Crippen LogP contribution in [0.5, 0.6) is 0 Å². The number of carbonyl (C=O) groups excluding carboxylic acids is 1. The summed E-state index contributed by atoms with van der Waals surface area (Å²) in [6.45, 7) is 0. The largest absolute Gasteiger partial charge is 0.334 e. The minimum atomic E-state index is 0.0245. The Balaban J connectivity index is 1.94. The molecular weight excluding hydrogens is 228 g/mol. The van der Waals surface area contributed by atoms with Gasteiger partial charge in [-0.2, -0.15) is 0 Å². The van der Waals surface area contributed by atoms with Crippen LogP contribution in [0.25, 0.3) is 11.0 Å². The lowest BCUT2D eigenvalue weighted by Gasteiger charge is -2.03. The zero-order chi connectivity index (χ0) is 13.0. The molecule has 1 amide bonds. The Morgan fingerprint density at radius 2 is 2.28 bits per heavy atom. The molecule has 0 aliphatic rings. The first-order valence-corrected chi connectivity index (χ1v) is 6.06. The average Bonchev–Trinajstić information content (AvgIpc) is 2.71. The number of hydrogen-bond acceptors (Lipinski definition) is 3. The fourth-order valence-electron chi connectivity index (χ4n) is 1.99. The van der Waals surface area contributed by atoms with Crippen molar-refractivity contribution in [3.63, 3.8) is 0 Å². The molecule has 2 rings (SSSR count). The summed E-state index contributed by atoms with van der Waals surface area (Å²) in [5.41, 5.74) is 8.55. The maximum Gasteiger partial charge on any atom is 0.234 e. The molecule has 5 nitrogen and oxygen atoms in total. The zero-order valence-electron chi connectivity index (χ0n) is 10.7. The van der Waals surface area contributed by atoms with E-state index in [1.54, 1.807) is 7.05 Å². The summed E-state index contributed by atoms with van der Waals surface area (Å²) in [6.07, 6.45) is 4.07. The lowest BCUT2D eigenvalue weighted by Crippen LogP contribution is -2.33. The Morgan fingerprint density at radius 3 is 3.06 bits per heavy atom. The highest BCUT2D eigenvalue weighted by Gasteiger charge is 2.03. The van der Waals surface area contributed by atoms with E-state index in [1.165, 1.54) is 5.56 Å². The summed E-state index contributed by atoms with van der Waals surface area (Å²) in [6, 6.07) is 6.26. The third-order valence-corrected chi connectivity index (χ3v) is 2.92. The molecule has 1 aromatic heterocycles. The molecule has 0 spiro atoms. The van der Waals surface area contributed by atoms with Crippen LogP contribution in [0.15, 0.2) is 24.5 Å². The van der Waals surface area contributed by atoms with Gasteiger partial charge in [-0.25, -0.2) is 10.4 Å². The second-order valence-electron chi connectivity index (χ2n) is 4.33. The van der Waals surface area contributed by atoms with Crippen molar-refractivity contribution in [1.82, 2.24) is 20.4 Å². The molecule has 2 N–H and O–H groups in total. The normalized spacial score (nSPS) is 10.8. The van der Waals surface area contributed by atoms with Gasteiger partial charge in [0.15, 0.2) is 0 Å². The Morgan fingerprint density at radius 1 is 1.44 bits per heavy atom. The number of nitrogens with one attached hydrogen (secondary N) is 2. The second kappa shape index (κ2) is 5.64. The van der Waals surface area contributed by atoms with Crippen molar-refractivity contribution in [3.05, 3.63) is 30.1 Å². The molecule has 0 saturated heterocycles. The zero-order valence-corrected chi connectivity index (χ0v) is 10.7. The van der Waals surface area contributed by atoms with Gasteiger partial charge in [-0.15, -0.1) is 0 Å². The van der Waals surface area contributed by atoms with Crippen molar-refractivity contribution in [2.24, 2.45) is 7.05 Å². The number of hydrogen-bond donors (Lipinski definition) is 2. The summed E-state index contributed by atoms with van der Waals surface area (Å²) in [5.74, 6) is 0.0245. The first-order chi connectivity index (χ1) is 8.70. The van der Waals surface area contributed by atoms with Crippen molar-refractivity contribution >= 4 is 16.9 Å². The minimum Gasteiger partial charge on any atom is -0.334 e. The number of imidazole rings is 1. The van der Waals surface area contributed by atoms with Gasteiger partial charge < -0.3 is 4.57 Å². The van der Waals surface area contributed by atoms with Gasteiger partial charge in [-0.3, -0.25) is 10.2 Å². The van der Waals surface area contributed by atoms with Crippen LogP contribution in [0.2, 0.25) is 0 Å². The van der Waals surface area contributed by atoms with Crippen molar-refractivity contribution in [1.29, 1.82) is 0 Å². The van der Waals surface area contributed by atoms with Gasteiger partial charge in [0, 0.05) is 20.5 Å². The minimum absolute atomic E-state index is 0.0245. The molecule has 0 aliphatic carbocycles. The molecule has 0 aliphatic heterocycles. The van der Waals surface area contributed by atoms with E-state index in [2.05, 4.69) is 34.0 Å². The quantitative estimate of drug-likeness (QED) is 0.778. The second-order valence-corrected chi connectivity index (χ2v) is 4.33. The van der Waals surface area contributed by atoms with Gasteiger partial charge in [-0.1, -0.05) is 6.07 Å². The van der Waals surface area contributed by atoms with Gasteiger partial charge in [-0.05, 0) is 30.5 Å². The number of nitrogens with zero attached hydrogens (tertiary/aromatic N) is 2. The van der Waals surface area contributed by atoms with Crippen LogP contribution < -0.4 is 10.9 Å². The fourth-order valence-corrected chi connectivity index (χ4v) is 1.99. The summed E-state index contributed by atoms with van der Waals surface area (Å²) >= 11 is 0.